The fourth-order valence-electron chi connectivity index (χ4n) is 5.27. The number of piperazine rings is 1. The molecule has 7 rings (SSSR count). The highest BCUT2D eigenvalue weighted by Gasteiger charge is 2.45. The number of nitrogen functional groups attached to an aromatic ring is 1. The largest absolute Gasteiger partial charge is 0.491 e. The van der Waals surface area contributed by atoms with Crippen LogP contribution in [0.5, 0.6) is 5.75 Å². The number of nitrogens with two attached hydrogens (primary N) is 1. The number of carbonyl (C=O) groups excluding carboxylic acids is 1. The van der Waals surface area contributed by atoms with Crippen LogP contribution in [-0.2, 0) is 6.42 Å². The Morgan fingerprint density at radius 1 is 1.37 bits per heavy atom. The molecule has 8 nitrogen and oxygen atoms in total. The van der Waals surface area contributed by atoms with Crippen LogP contribution in [0.1, 0.15) is 33.8 Å². The Labute approximate surface area is 204 Å². The Balaban J connectivity index is 1.16. The number of alkyl halides is 2. The predicted octanol–water partition coefficient (Wildman–Crippen LogP) is 2.89. The quantitative estimate of drug-likeness (QED) is 0.508. The summed E-state index contributed by atoms with van der Waals surface area (Å²) in [6.45, 7) is 3.21. The first-order valence-electron chi connectivity index (χ1n) is 11.7. The maximum Gasteiger partial charge on any atom is 0.263 e. The van der Waals surface area contributed by atoms with E-state index in [9.17, 15) is 13.6 Å². The molecule has 35 heavy (non-hydrogen) atoms. The van der Waals surface area contributed by atoms with Crippen LogP contribution in [0.3, 0.4) is 0 Å². The Hall–Kier alpha value is -3.05. The normalized spacial score (nSPS) is 25.1. The third-order valence-electron chi connectivity index (χ3n) is 6.98. The Kier molecular flexibility index (Phi) is 5.29. The minimum absolute atomic E-state index is 0.150. The molecular weight excluding hydrogens is 474 g/mol. The lowest BCUT2D eigenvalue weighted by atomic mass is 10.0. The number of amides is 1. The van der Waals surface area contributed by atoms with Crippen molar-refractivity contribution in [1.29, 1.82) is 0 Å². The van der Waals surface area contributed by atoms with E-state index in [1.165, 1.54) is 11.3 Å². The number of anilines is 2. The number of rotatable bonds is 3. The molecule has 0 aromatic carbocycles. The Morgan fingerprint density at radius 2 is 2.23 bits per heavy atom. The van der Waals surface area contributed by atoms with E-state index in [0.29, 0.717) is 48.2 Å². The predicted molar refractivity (Wildman–Crippen MR) is 131 cm³/mol. The minimum Gasteiger partial charge on any atom is -0.491 e. The van der Waals surface area contributed by atoms with Crippen molar-refractivity contribution in [2.24, 2.45) is 0 Å². The second kappa shape index (κ2) is 8.27. The molecule has 3 aromatic rings. The molecule has 3 saturated heterocycles. The van der Waals surface area contributed by atoms with Crippen LogP contribution in [0, 0.1) is 6.92 Å². The number of halogens is 2. The smallest absolute Gasteiger partial charge is 0.263 e. The molecule has 184 valence electrons. The zero-order valence-electron chi connectivity index (χ0n) is 19.2. The number of fused-ring (bicyclic) bond motifs is 6. The lowest BCUT2D eigenvalue weighted by Gasteiger charge is -2.38. The van der Waals surface area contributed by atoms with Gasteiger partial charge in [-0.2, -0.15) is 0 Å². The molecule has 3 aromatic heterocycles. The molecule has 0 saturated carbocycles. The van der Waals surface area contributed by atoms with Gasteiger partial charge in [-0.05, 0) is 19.1 Å². The molecule has 2 unspecified atom stereocenters. The summed E-state index contributed by atoms with van der Waals surface area (Å²) in [4.78, 5) is 25.2. The van der Waals surface area contributed by atoms with Gasteiger partial charge in [0.25, 0.3) is 11.8 Å². The van der Waals surface area contributed by atoms with Gasteiger partial charge in [-0.1, -0.05) is 0 Å². The number of pyridine rings is 2. The fraction of sp³-hybridized carbons (Fsp3) is 0.458. The number of thiophene rings is 1. The monoisotopic (exact) mass is 500 g/mol. The summed E-state index contributed by atoms with van der Waals surface area (Å²) in [5, 5.41) is 7.02. The number of hydrogen-bond donors (Lipinski definition) is 3. The number of aromatic nitrogens is 2. The molecule has 0 aliphatic carbocycles. The second-order valence-corrected chi connectivity index (χ2v) is 10.7. The van der Waals surface area contributed by atoms with Crippen molar-refractivity contribution in [1.82, 2.24) is 20.6 Å². The summed E-state index contributed by atoms with van der Waals surface area (Å²) in [6, 6.07) is 4.79. The molecule has 0 radical (unpaired) electrons. The molecule has 3 fully saturated rings. The summed E-state index contributed by atoms with van der Waals surface area (Å²) in [5.74, 6) is -1.59. The number of ether oxygens (including phenoxy) is 1. The van der Waals surface area contributed by atoms with E-state index in [0.717, 1.165) is 21.5 Å². The van der Waals surface area contributed by atoms with Crippen molar-refractivity contribution in [3.63, 3.8) is 0 Å². The molecule has 4 aliphatic heterocycles. The van der Waals surface area contributed by atoms with Crippen LogP contribution >= 0.6 is 11.3 Å². The van der Waals surface area contributed by atoms with Gasteiger partial charge < -0.3 is 26.0 Å². The molecular formula is C24H26F2N6O2S. The Bertz CT molecular complexity index is 1310. The van der Waals surface area contributed by atoms with Gasteiger partial charge in [0.05, 0.1) is 11.7 Å². The highest BCUT2D eigenvalue weighted by atomic mass is 32.1. The molecule has 0 spiro atoms. The standard InChI is InChI=1S/C24H26F2N6O2S/c1-12-2-3-17-20(27)21(35-23(17)30-12)22(33)31-14-4-13-8-29-19(5-18(13)34-11-14)32-10-15-6-24(25,26)7-16(32)9-28-15/h2-3,5,8,14-16,28H,4,6-7,9-11,27H2,1H3,(H,31,33)/t14-,15?,16?/m1/s1. The zero-order valence-corrected chi connectivity index (χ0v) is 20.0. The number of carbonyl (C=O) groups is 1. The molecule has 3 atom stereocenters. The van der Waals surface area contributed by atoms with Gasteiger partial charge in [0.1, 0.15) is 27.9 Å². The highest BCUT2D eigenvalue weighted by Crippen LogP contribution is 2.37. The molecule has 4 N–H and O–H groups in total. The van der Waals surface area contributed by atoms with E-state index in [-0.39, 0.29) is 36.9 Å². The third kappa shape index (κ3) is 4.16. The van der Waals surface area contributed by atoms with Crippen LogP contribution in [-0.4, -0.2) is 59.6 Å². The summed E-state index contributed by atoms with van der Waals surface area (Å²) in [6.07, 6.45) is 1.96. The van der Waals surface area contributed by atoms with E-state index < -0.39 is 5.92 Å². The number of nitrogens with zero attached hydrogens (tertiary/aromatic N) is 3. The van der Waals surface area contributed by atoms with E-state index in [2.05, 4.69) is 20.6 Å². The van der Waals surface area contributed by atoms with Crippen molar-refractivity contribution in [3.05, 3.63) is 40.5 Å². The SMILES string of the molecule is Cc1ccc2c(N)c(C(=O)N[C@H]3COc4cc(N5CC6CC(F)(F)CC5CN6)ncc4C3)sc2n1. The lowest BCUT2D eigenvalue weighted by Crippen LogP contribution is -2.54. The van der Waals surface area contributed by atoms with Crippen LogP contribution in [0.2, 0.25) is 0 Å². The van der Waals surface area contributed by atoms with Crippen molar-refractivity contribution in [2.75, 3.05) is 30.3 Å². The fourth-order valence-corrected chi connectivity index (χ4v) is 6.31. The summed E-state index contributed by atoms with van der Waals surface area (Å²) >= 11 is 1.28. The van der Waals surface area contributed by atoms with E-state index in [1.54, 1.807) is 6.20 Å². The van der Waals surface area contributed by atoms with Crippen LogP contribution < -0.4 is 26.0 Å². The Morgan fingerprint density at radius 3 is 3.09 bits per heavy atom. The molecule has 11 heteroatoms. The topological polar surface area (TPSA) is 105 Å². The van der Waals surface area contributed by atoms with Crippen molar-refractivity contribution < 1.29 is 18.3 Å². The average Bonchev–Trinajstić information content (AvgIpc) is 2.97. The highest BCUT2D eigenvalue weighted by molar-refractivity contribution is 7.21. The molecule has 7 heterocycles. The number of hydrogen-bond acceptors (Lipinski definition) is 8. The van der Waals surface area contributed by atoms with Crippen LogP contribution in [0.25, 0.3) is 10.2 Å². The number of aryl methyl sites for hydroxylation is 1. The van der Waals surface area contributed by atoms with Gasteiger partial charge in [-0.15, -0.1) is 11.3 Å². The summed E-state index contributed by atoms with van der Waals surface area (Å²) < 4.78 is 34.3. The van der Waals surface area contributed by atoms with Gasteiger partial charge in [0.2, 0.25) is 0 Å². The van der Waals surface area contributed by atoms with Gasteiger partial charge in [0, 0.05) is 73.3 Å². The van der Waals surface area contributed by atoms with E-state index in [1.807, 2.05) is 30.0 Å². The van der Waals surface area contributed by atoms with E-state index >= 15 is 0 Å². The van der Waals surface area contributed by atoms with Crippen molar-refractivity contribution in [2.45, 2.75) is 50.2 Å². The van der Waals surface area contributed by atoms with Gasteiger partial charge in [0.15, 0.2) is 0 Å². The minimum atomic E-state index is -2.67. The maximum atomic E-state index is 14.2. The van der Waals surface area contributed by atoms with E-state index in [4.69, 9.17) is 10.5 Å². The first-order valence-corrected chi connectivity index (χ1v) is 12.5. The zero-order chi connectivity index (χ0) is 24.3. The molecule has 4 aliphatic rings. The van der Waals surface area contributed by atoms with Crippen LogP contribution in [0.4, 0.5) is 20.3 Å². The maximum absolute atomic E-state index is 14.2. The van der Waals surface area contributed by atoms with Gasteiger partial charge in [-0.25, -0.2) is 18.7 Å². The van der Waals surface area contributed by atoms with Crippen molar-refractivity contribution in [3.8, 4) is 5.75 Å². The van der Waals surface area contributed by atoms with Crippen LogP contribution in [0.15, 0.2) is 24.4 Å². The lowest BCUT2D eigenvalue weighted by molar-refractivity contribution is -0.0153. The summed E-state index contributed by atoms with van der Waals surface area (Å²) in [5.41, 5.74) is 8.40. The molecule has 1 amide bonds. The number of nitrogens with one attached hydrogen (secondary N) is 2. The molecule has 2 bridgehead atoms. The first kappa shape index (κ1) is 22.4. The van der Waals surface area contributed by atoms with Gasteiger partial charge in [-0.3, -0.25) is 4.79 Å². The second-order valence-electron chi connectivity index (χ2n) is 9.66. The van der Waals surface area contributed by atoms with Crippen molar-refractivity contribution >= 4 is 39.0 Å². The third-order valence-corrected chi connectivity index (χ3v) is 8.10. The van der Waals surface area contributed by atoms with Gasteiger partial charge >= 0.3 is 0 Å². The average molecular weight is 501 g/mol. The summed E-state index contributed by atoms with van der Waals surface area (Å²) in [7, 11) is 0. The first-order chi connectivity index (χ1) is 16.8.